The minimum absolute atomic E-state index is 0.217. The molecular formula is C17H27NO. The SMILES string of the molecule is CC(C)[C@@H](CO)NC1CCCCC1c1ccccc1. The van der Waals surface area contributed by atoms with Gasteiger partial charge in [-0.1, -0.05) is 57.0 Å². The van der Waals surface area contributed by atoms with Crippen LogP contribution in [0.15, 0.2) is 30.3 Å². The van der Waals surface area contributed by atoms with Crippen LogP contribution in [-0.2, 0) is 0 Å². The van der Waals surface area contributed by atoms with Crippen molar-refractivity contribution in [1.82, 2.24) is 5.32 Å². The van der Waals surface area contributed by atoms with Crippen molar-refractivity contribution in [3.8, 4) is 0 Å². The standard InChI is InChI=1S/C17H27NO/c1-13(2)17(12-19)18-16-11-7-6-10-15(16)14-8-4-3-5-9-14/h3-5,8-9,13,15-19H,6-7,10-12H2,1-2H3/t15?,16?,17-/m1/s1. The molecule has 106 valence electrons. The van der Waals surface area contributed by atoms with E-state index in [1.54, 1.807) is 0 Å². The van der Waals surface area contributed by atoms with Crippen LogP contribution in [0.3, 0.4) is 0 Å². The van der Waals surface area contributed by atoms with E-state index in [2.05, 4.69) is 49.5 Å². The number of benzene rings is 1. The summed E-state index contributed by atoms with van der Waals surface area (Å²) in [5.41, 5.74) is 1.44. The maximum atomic E-state index is 9.52. The van der Waals surface area contributed by atoms with E-state index in [0.29, 0.717) is 17.9 Å². The first-order chi connectivity index (χ1) is 9.22. The molecule has 2 unspecified atom stereocenters. The minimum atomic E-state index is 0.217. The second-order valence-electron chi connectivity index (χ2n) is 6.11. The number of hydrogen-bond acceptors (Lipinski definition) is 2. The third-order valence-electron chi connectivity index (χ3n) is 4.42. The van der Waals surface area contributed by atoms with E-state index in [-0.39, 0.29) is 12.6 Å². The van der Waals surface area contributed by atoms with Gasteiger partial charge in [0, 0.05) is 12.1 Å². The lowest BCUT2D eigenvalue weighted by Gasteiger charge is -2.36. The molecular weight excluding hydrogens is 234 g/mol. The molecule has 2 N–H and O–H groups in total. The van der Waals surface area contributed by atoms with Crippen molar-refractivity contribution in [3.05, 3.63) is 35.9 Å². The summed E-state index contributed by atoms with van der Waals surface area (Å²) in [4.78, 5) is 0. The summed E-state index contributed by atoms with van der Waals surface area (Å²) >= 11 is 0. The predicted octanol–water partition coefficient (Wildman–Crippen LogP) is 3.32. The van der Waals surface area contributed by atoms with Crippen molar-refractivity contribution in [1.29, 1.82) is 0 Å². The van der Waals surface area contributed by atoms with Crippen LogP contribution >= 0.6 is 0 Å². The highest BCUT2D eigenvalue weighted by Gasteiger charge is 2.28. The maximum absolute atomic E-state index is 9.52. The number of aliphatic hydroxyl groups excluding tert-OH is 1. The lowest BCUT2D eigenvalue weighted by Crippen LogP contribution is -2.47. The fraction of sp³-hybridized carbons (Fsp3) is 0.647. The quantitative estimate of drug-likeness (QED) is 0.852. The maximum Gasteiger partial charge on any atom is 0.0587 e. The summed E-state index contributed by atoms with van der Waals surface area (Å²) in [5, 5.41) is 13.2. The highest BCUT2D eigenvalue weighted by atomic mass is 16.3. The largest absolute Gasteiger partial charge is 0.395 e. The molecule has 0 amide bonds. The Morgan fingerprint density at radius 3 is 2.47 bits per heavy atom. The van der Waals surface area contributed by atoms with Crippen molar-refractivity contribution < 1.29 is 5.11 Å². The Balaban J connectivity index is 2.08. The van der Waals surface area contributed by atoms with Crippen molar-refractivity contribution in [2.45, 2.75) is 57.5 Å². The molecule has 0 spiro atoms. The molecule has 0 heterocycles. The van der Waals surface area contributed by atoms with Gasteiger partial charge in [-0.3, -0.25) is 0 Å². The first-order valence-corrected chi connectivity index (χ1v) is 7.64. The minimum Gasteiger partial charge on any atom is -0.395 e. The fourth-order valence-corrected chi connectivity index (χ4v) is 3.16. The Bertz CT molecular complexity index is 363. The van der Waals surface area contributed by atoms with E-state index in [0.717, 1.165) is 0 Å². The van der Waals surface area contributed by atoms with Crippen molar-refractivity contribution in [2.24, 2.45) is 5.92 Å². The zero-order chi connectivity index (χ0) is 13.7. The Kier molecular flexibility index (Phi) is 5.41. The van der Waals surface area contributed by atoms with Gasteiger partial charge in [0.1, 0.15) is 0 Å². The second-order valence-corrected chi connectivity index (χ2v) is 6.11. The van der Waals surface area contributed by atoms with Crippen LogP contribution in [0.1, 0.15) is 51.0 Å². The molecule has 2 nitrogen and oxygen atoms in total. The molecule has 3 atom stereocenters. The van der Waals surface area contributed by atoms with Gasteiger partial charge >= 0.3 is 0 Å². The molecule has 1 aliphatic rings. The molecule has 1 saturated carbocycles. The first kappa shape index (κ1) is 14.5. The lowest BCUT2D eigenvalue weighted by atomic mass is 9.79. The zero-order valence-electron chi connectivity index (χ0n) is 12.2. The second kappa shape index (κ2) is 7.06. The van der Waals surface area contributed by atoms with Gasteiger partial charge in [-0.15, -0.1) is 0 Å². The van der Waals surface area contributed by atoms with Crippen LogP contribution in [0.2, 0.25) is 0 Å². The summed E-state index contributed by atoms with van der Waals surface area (Å²) in [6.07, 6.45) is 5.11. The monoisotopic (exact) mass is 261 g/mol. The molecule has 1 aromatic carbocycles. The normalized spacial score (nSPS) is 25.5. The van der Waals surface area contributed by atoms with Gasteiger partial charge < -0.3 is 10.4 Å². The summed E-state index contributed by atoms with van der Waals surface area (Å²) in [6, 6.07) is 11.6. The number of aliphatic hydroxyl groups is 1. The molecule has 0 aromatic heterocycles. The van der Waals surface area contributed by atoms with Crippen molar-refractivity contribution in [3.63, 3.8) is 0 Å². The molecule has 0 radical (unpaired) electrons. The van der Waals surface area contributed by atoms with Crippen LogP contribution in [-0.4, -0.2) is 23.8 Å². The highest BCUT2D eigenvalue weighted by molar-refractivity contribution is 5.22. The molecule has 19 heavy (non-hydrogen) atoms. The highest BCUT2D eigenvalue weighted by Crippen LogP contribution is 2.33. The molecule has 2 rings (SSSR count). The molecule has 0 saturated heterocycles. The Hall–Kier alpha value is -0.860. The van der Waals surface area contributed by atoms with E-state index in [9.17, 15) is 5.11 Å². The molecule has 1 fully saturated rings. The molecule has 0 aliphatic heterocycles. The van der Waals surface area contributed by atoms with Gasteiger partial charge in [-0.25, -0.2) is 0 Å². The third-order valence-corrected chi connectivity index (χ3v) is 4.42. The van der Waals surface area contributed by atoms with Gasteiger partial charge in [0.15, 0.2) is 0 Å². The van der Waals surface area contributed by atoms with E-state index in [4.69, 9.17) is 0 Å². The number of hydrogen-bond donors (Lipinski definition) is 2. The number of rotatable bonds is 5. The Labute approximate surface area is 117 Å². The average Bonchev–Trinajstić information content (AvgIpc) is 2.45. The molecule has 1 aliphatic carbocycles. The van der Waals surface area contributed by atoms with Crippen LogP contribution < -0.4 is 5.32 Å². The van der Waals surface area contributed by atoms with Gasteiger partial charge in [-0.05, 0) is 30.2 Å². The van der Waals surface area contributed by atoms with E-state index >= 15 is 0 Å². The van der Waals surface area contributed by atoms with Gasteiger partial charge in [0.05, 0.1) is 6.61 Å². The van der Waals surface area contributed by atoms with Crippen LogP contribution in [0.25, 0.3) is 0 Å². The molecule has 1 aromatic rings. The smallest absolute Gasteiger partial charge is 0.0587 e. The van der Waals surface area contributed by atoms with E-state index < -0.39 is 0 Å². The summed E-state index contributed by atoms with van der Waals surface area (Å²) < 4.78 is 0. The molecule has 2 heteroatoms. The summed E-state index contributed by atoms with van der Waals surface area (Å²) in [5.74, 6) is 1.08. The van der Waals surface area contributed by atoms with E-state index in [1.165, 1.54) is 31.2 Å². The van der Waals surface area contributed by atoms with Crippen molar-refractivity contribution in [2.75, 3.05) is 6.61 Å². The van der Waals surface area contributed by atoms with Gasteiger partial charge in [0.2, 0.25) is 0 Å². The summed E-state index contributed by atoms with van der Waals surface area (Å²) in [7, 11) is 0. The topological polar surface area (TPSA) is 32.3 Å². The van der Waals surface area contributed by atoms with Gasteiger partial charge in [0.25, 0.3) is 0 Å². The van der Waals surface area contributed by atoms with E-state index in [1.807, 2.05) is 0 Å². The predicted molar refractivity (Wildman–Crippen MR) is 80.3 cm³/mol. The Morgan fingerprint density at radius 1 is 1.16 bits per heavy atom. The number of nitrogens with one attached hydrogen (secondary N) is 1. The van der Waals surface area contributed by atoms with Crippen molar-refractivity contribution >= 4 is 0 Å². The zero-order valence-corrected chi connectivity index (χ0v) is 12.2. The molecule has 0 bridgehead atoms. The average molecular weight is 261 g/mol. The fourth-order valence-electron chi connectivity index (χ4n) is 3.16. The first-order valence-electron chi connectivity index (χ1n) is 7.64. The Morgan fingerprint density at radius 2 is 1.84 bits per heavy atom. The third kappa shape index (κ3) is 3.80. The van der Waals surface area contributed by atoms with Crippen LogP contribution in [0.5, 0.6) is 0 Å². The van der Waals surface area contributed by atoms with Gasteiger partial charge in [-0.2, -0.15) is 0 Å². The summed E-state index contributed by atoms with van der Waals surface area (Å²) in [6.45, 7) is 4.58. The van der Waals surface area contributed by atoms with Crippen LogP contribution in [0.4, 0.5) is 0 Å². The van der Waals surface area contributed by atoms with Crippen LogP contribution in [0, 0.1) is 5.92 Å². The lowest BCUT2D eigenvalue weighted by molar-refractivity contribution is 0.180.